The standard InChI is InChI=1S/C24H26N2OS/c1-17-18(2)28-24(25-23(27)20-13-7-4-8-14-20)21(17)22(26-15-9-10-16-26)19-11-5-3-6-12-19/h3-8,11-14,22H,9-10,15-16H2,1-2H3,(H,25,27)/t22-/m0/s1. The van der Waals surface area contributed by atoms with Crippen LogP contribution in [0.15, 0.2) is 60.7 Å². The Kier molecular flexibility index (Phi) is 5.60. The molecule has 4 rings (SSSR count). The van der Waals surface area contributed by atoms with E-state index >= 15 is 0 Å². The number of amides is 1. The Labute approximate surface area is 171 Å². The number of rotatable bonds is 5. The first-order valence-corrected chi connectivity index (χ1v) is 10.7. The molecule has 2 aromatic carbocycles. The molecule has 1 fully saturated rings. The number of hydrogen-bond donors (Lipinski definition) is 1. The summed E-state index contributed by atoms with van der Waals surface area (Å²) in [5.74, 6) is -0.0451. The van der Waals surface area contributed by atoms with Crippen molar-refractivity contribution < 1.29 is 4.79 Å². The Hall–Kier alpha value is -2.43. The average Bonchev–Trinajstić information content (AvgIpc) is 3.34. The van der Waals surface area contributed by atoms with Gasteiger partial charge in [0.15, 0.2) is 0 Å². The number of nitrogens with one attached hydrogen (secondary N) is 1. The maximum Gasteiger partial charge on any atom is 0.256 e. The average molecular weight is 391 g/mol. The van der Waals surface area contributed by atoms with Gasteiger partial charge >= 0.3 is 0 Å². The van der Waals surface area contributed by atoms with Gasteiger partial charge in [-0.3, -0.25) is 9.69 Å². The third-order valence-electron chi connectivity index (χ3n) is 5.59. The van der Waals surface area contributed by atoms with Gasteiger partial charge in [-0.05, 0) is 63.0 Å². The summed E-state index contributed by atoms with van der Waals surface area (Å²) in [5.41, 5.74) is 4.52. The monoisotopic (exact) mass is 390 g/mol. The molecule has 3 nitrogen and oxygen atoms in total. The predicted molar refractivity (Wildman–Crippen MR) is 117 cm³/mol. The number of anilines is 1. The van der Waals surface area contributed by atoms with Gasteiger partial charge in [-0.15, -0.1) is 11.3 Å². The molecule has 2 heterocycles. The number of thiophene rings is 1. The van der Waals surface area contributed by atoms with E-state index in [1.807, 2.05) is 30.3 Å². The third-order valence-corrected chi connectivity index (χ3v) is 6.73. The molecular weight excluding hydrogens is 364 g/mol. The predicted octanol–water partition coefficient (Wildman–Crippen LogP) is 5.80. The maximum absolute atomic E-state index is 12.8. The van der Waals surface area contributed by atoms with Gasteiger partial charge in [0.05, 0.1) is 6.04 Å². The SMILES string of the molecule is Cc1sc(NC(=O)c2ccccc2)c([C@H](c2ccccc2)N2CCCC2)c1C. The van der Waals surface area contributed by atoms with E-state index in [-0.39, 0.29) is 11.9 Å². The molecule has 0 radical (unpaired) electrons. The van der Waals surface area contributed by atoms with E-state index in [4.69, 9.17) is 0 Å². The Balaban J connectivity index is 1.75. The molecule has 1 N–H and O–H groups in total. The third kappa shape index (κ3) is 3.75. The Morgan fingerprint density at radius 3 is 2.21 bits per heavy atom. The first-order valence-electron chi connectivity index (χ1n) is 9.90. The van der Waals surface area contributed by atoms with Gasteiger partial charge in [-0.2, -0.15) is 0 Å². The van der Waals surface area contributed by atoms with Crippen molar-refractivity contribution in [3.63, 3.8) is 0 Å². The van der Waals surface area contributed by atoms with Crippen LogP contribution in [0.2, 0.25) is 0 Å². The van der Waals surface area contributed by atoms with Crippen LogP contribution in [-0.4, -0.2) is 23.9 Å². The molecule has 4 heteroatoms. The summed E-state index contributed by atoms with van der Waals surface area (Å²) in [7, 11) is 0. The van der Waals surface area contributed by atoms with Gasteiger partial charge in [0.1, 0.15) is 5.00 Å². The van der Waals surface area contributed by atoms with Crippen LogP contribution in [0.1, 0.15) is 50.8 Å². The van der Waals surface area contributed by atoms with E-state index in [0.717, 1.165) is 18.1 Å². The number of nitrogens with zero attached hydrogens (tertiary/aromatic N) is 1. The molecule has 1 aliphatic rings. The fraction of sp³-hybridized carbons (Fsp3) is 0.292. The highest BCUT2D eigenvalue weighted by Gasteiger charge is 2.30. The molecule has 1 saturated heterocycles. The lowest BCUT2D eigenvalue weighted by Gasteiger charge is -2.29. The molecule has 28 heavy (non-hydrogen) atoms. The number of hydrogen-bond acceptors (Lipinski definition) is 3. The summed E-state index contributed by atoms with van der Waals surface area (Å²) in [6, 6.07) is 20.3. The topological polar surface area (TPSA) is 32.3 Å². The molecule has 3 aromatic rings. The van der Waals surface area contributed by atoms with Gasteiger partial charge in [0.2, 0.25) is 0 Å². The highest BCUT2D eigenvalue weighted by molar-refractivity contribution is 7.16. The lowest BCUT2D eigenvalue weighted by atomic mass is 9.95. The van der Waals surface area contributed by atoms with E-state index in [1.54, 1.807) is 11.3 Å². The van der Waals surface area contributed by atoms with Gasteiger partial charge in [0, 0.05) is 16.0 Å². The molecule has 0 spiro atoms. The minimum atomic E-state index is -0.0451. The molecule has 0 unspecified atom stereocenters. The number of benzene rings is 2. The molecule has 1 aromatic heterocycles. The summed E-state index contributed by atoms with van der Waals surface area (Å²) < 4.78 is 0. The molecule has 1 atom stereocenters. The second-order valence-electron chi connectivity index (χ2n) is 7.40. The Morgan fingerprint density at radius 2 is 1.57 bits per heavy atom. The summed E-state index contributed by atoms with van der Waals surface area (Å²) in [6.45, 7) is 6.53. The van der Waals surface area contributed by atoms with Crippen molar-refractivity contribution in [3.05, 3.63) is 87.8 Å². The van der Waals surface area contributed by atoms with Crippen LogP contribution in [0.4, 0.5) is 5.00 Å². The zero-order chi connectivity index (χ0) is 19.5. The largest absolute Gasteiger partial charge is 0.313 e. The minimum Gasteiger partial charge on any atom is -0.313 e. The van der Waals surface area contributed by atoms with Crippen molar-refractivity contribution in [2.24, 2.45) is 0 Å². The fourth-order valence-corrected chi connectivity index (χ4v) is 5.11. The second kappa shape index (κ2) is 8.29. The quantitative estimate of drug-likeness (QED) is 0.597. The molecule has 0 bridgehead atoms. The van der Waals surface area contributed by atoms with Crippen LogP contribution < -0.4 is 5.32 Å². The molecule has 1 aliphatic heterocycles. The van der Waals surface area contributed by atoms with Crippen LogP contribution in [0, 0.1) is 13.8 Å². The highest BCUT2D eigenvalue weighted by atomic mass is 32.1. The van der Waals surface area contributed by atoms with Gasteiger partial charge in [0.25, 0.3) is 5.91 Å². The van der Waals surface area contributed by atoms with Crippen molar-refractivity contribution >= 4 is 22.2 Å². The molecular formula is C24H26N2OS. The van der Waals surface area contributed by atoms with Crippen LogP contribution in [0.25, 0.3) is 0 Å². The maximum atomic E-state index is 12.8. The summed E-state index contributed by atoms with van der Waals surface area (Å²) in [4.78, 5) is 16.7. The number of carbonyl (C=O) groups excluding carboxylic acids is 1. The van der Waals surface area contributed by atoms with E-state index in [9.17, 15) is 4.79 Å². The summed E-state index contributed by atoms with van der Waals surface area (Å²) in [5, 5.41) is 4.19. The van der Waals surface area contributed by atoms with E-state index < -0.39 is 0 Å². The van der Waals surface area contributed by atoms with Crippen LogP contribution in [-0.2, 0) is 0 Å². The Bertz CT molecular complexity index is 943. The van der Waals surface area contributed by atoms with E-state index in [1.165, 1.54) is 34.4 Å². The summed E-state index contributed by atoms with van der Waals surface area (Å²) >= 11 is 1.69. The highest BCUT2D eigenvalue weighted by Crippen LogP contribution is 2.43. The first-order chi connectivity index (χ1) is 13.6. The van der Waals surface area contributed by atoms with E-state index in [2.05, 4.69) is 54.4 Å². The minimum absolute atomic E-state index is 0.0451. The molecule has 144 valence electrons. The van der Waals surface area contributed by atoms with Crippen LogP contribution >= 0.6 is 11.3 Å². The van der Waals surface area contributed by atoms with Crippen molar-refractivity contribution in [1.82, 2.24) is 4.90 Å². The van der Waals surface area contributed by atoms with E-state index in [0.29, 0.717) is 5.56 Å². The number of carbonyl (C=O) groups is 1. The fourth-order valence-electron chi connectivity index (χ4n) is 4.03. The van der Waals surface area contributed by atoms with Gasteiger partial charge < -0.3 is 5.32 Å². The number of aryl methyl sites for hydroxylation is 1. The zero-order valence-electron chi connectivity index (χ0n) is 16.4. The van der Waals surface area contributed by atoms with Crippen LogP contribution in [0.5, 0.6) is 0 Å². The zero-order valence-corrected chi connectivity index (χ0v) is 17.3. The second-order valence-corrected chi connectivity index (χ2v) is 8.63. The van der Waals surface area contributed by atoms with Gasteiger partial charge in [-0.1, -0.05) is 48.5 Å². The van der Waals surface area contributed by atoms with Crippen molar-refractivity contribution in [3.8, 4) is 0 Å². The molecule has 0 aliphatic carbocycles. The summed E-state index contributed by atoms with van der Waals surface area (Å²) in [6.07, 6.45) is 2.47. The lowest BCUT2D eigenvalue weighted by Crippen LogP contribution is -2.27. The normalized spacial score (nSPS) is 15.5. The van der Waals surface area contributed by atoms with Gasteiger partial charge in [-0.25, -0.2) is 0 Å². The first kappa shape index (κ1) is 18.9. The van der Waals surface area contributed by atoms with Crippen LogP contribution in [0.3, 0.4) is 0 Å². The van der Waals surface area contributed by atoms with Crippen molar-refractivity contribution in [1.29, 1.82) is 0 Å². The van der Waals surface area contributed by atoms with Crippen molar-refractivity contribution in [2.45, 2.75) is 32.7 Å². The smallest absolute Gasteiger partial charge is 0.256 e. The lowest BCUT2D eigenvalue weighted by molar-refractivity contribution is 0.102. The molecule has 0 saturated carbocycles. The van der Waals surface area contributed by atoms with Crippen molar-refractivity contribution in [2.75, 3.05) is 18.4 Å². The Morgan fingerprint density at radius 1 is 0.964 bits per heavy atom. The molecule has 1 amide bonds. The number of likely N-dealkylation sites (tertiary alicyclic amines) is 1.